The highest BCUT2D eigenvalue weighted by Crippen LogP contribution is 2.17. The van der Waals surface area contributed by atoms with Gasteiger partial charge in [0.2, 0.25) is 5.91 Å². The number of amides is 1. The van der Waals surface area contributed by atoms with Crippen molar-refractivity contribution in [3.8, 4) is 0 Å². The van der Waals surface area contributed by atoms with E-state index in [0.717, 1.165) is 12.8 Å². The zero-order valence-corrected chi connectivity index (χ0v) is 9.90. The van der Waals surface area contributed by atoms with E-state index >= 15 is 0 Å². The largest absolute Gasteiger partial charge is 0.480 e. The van der Waals surface area contributed by atoms with Gasteiger partial charge in [-0.05, 0) is 26.2 Å². The summed E-state index contributed by atoms with van der Waals surface area (Å²) in [6.07, 6.45) is 2.31. The fraction of sp³-hybridized carbons (Fsp3) is 0.818. The topological polar surface area (TPSA) is 69.6 Å². The first-order valence-corrected chi connectivity index (χ1v) is 5.82. The number of carboxylic acid groups (broad SMARTS) is 1. The summed E-state index contributed by atoms with van der Waals surface area (Å²) in [6, 6.07) is -0.332. The molecule has 1 rings (SSSR count). The van der Waals surface area contributed by atoms with Crippen molar-refractivity contribution in [3.63, 3.8) is 0 Å². The van der Waals surface area contributed by atoms with Gasteiger partial charge in [0.25, 0.3) is 0 Å². The number of carboxylic acids is 1. The Bertz CT molecular complexity index is 268. The summed E-state index contributed by atoms with van der Waals surface area (Å²) < 4.78 is 0. The third-order valence-electron chi connectivity index (χ3n) is 3.07. The number of carbonyl (C=O) groups excluding carboxylic acids is 1. The van der Waals surface area contributed by atoms with Crippen molar-refractivity contribution in [2.75, 3.05) is 13.1 Å². The highest BCUT2D eigenvalue weighted by atomic mass is 16.4. The lowest BCUT2D eigenvalue weighted by Gasteiger charge is -2.22. The molecule has 1 aliphatic heterocycles. The van der Waals surface area contributed by atoms with E-state index in [0.29, 0.717) is 13.0 Å². The number of hydrogen-bond acceptors (Lipinski definition) is 3. The molecule has 0 bridgehead atoms. The summed E-state index contributed by atoms with van der Waals surface area (Å²) in [6.45, 7) is 4.85. The molecule has 1 amide bonds. The molecule has 16 heavy (non-hydrogen) atoms. The van der Waals surface area contributed by atoms with Gasteiger partial charge in [0.05, 0.1) is 6.54 Å². The third-order valence-corrected chi connectivity index (χ3v) is 3.07. The second-order valence-corrected chi connectivity index (χ2v) is 4.27. The first-order valence-electron chi connectivity index (χ1n) is 5.82. The lowest BCUT2D eigenvalue weighted by Crippen LogP contribution is -2.45. The van der Waals surface area contributed by atoms with Gasteiger partial charge in [-0.25, -0.2) is 4.79 Å². The summed E-state index contributed by atoms with van der Waals surface area (Å²) in [5.74, 6) is -1.00. The van der Waals surface area contributed by atoms with Gasteiger partial charge in [-0.1, -0.05) is 6.92 Å². The molecular weight excluding hydrogens is 208 g/mol. The maximum absolute atomic E-state index is 11.8. The lowest BCUT2D eigenvalue weighted by atomic mass is 10.2. The summed E-state index contributed by atoms with van der Waals surface area (Å²) in [5, 5.41) is 12.0. The van der Waals surface area contributed by atoms with Crippen molar-refractivity contribution in [2.45, 2.75) is 45.2 Å². The third kappa shape index (κ3) is 3.20. The minimum atomic E-state index is -0.894. The Kier molecular flexibility index (Phi) is 4.73. The van der Waals surface area contributed by atoms with Crippen molar-refractivity contribution in [2.24, 2.45) is 0 Å². The molecule has 92 valence electrons. The molecule has 2 N–H and O–H groups in total. The first-order chi connectivity index (χ1) is 7.56. The Hall–Kier alpha value is -1.10. The van der Waals surface area contributed by atoms with Gasteiger partial charge in [0.1, 0.15) is 6.04 Å². The molecule has 0 spiro atoms. The molecule has 5 nitrogen and oxygen atoms in total. The van der Waals surface area contributed by atoms with E-state index in [1.165, 1.54) is 4.90 Å². The summed E-state index contributed by atoms with van der Waals surface area (Å²) in [7, 11) is 0. The van der Waals surface area contributed by atoms with Crippen LogP contribution in [-0.4, -0.2) is 47.1 Å². The van der Waals surface area contributed by atoms with E-state index in [9.17, 15) is 9.59 Å². The molecule has 0 aliphatic carbocycles. The summed E-state index contributed by atoms with van der Waals surface area (Å²) in [5.41, 5.74) is 0. The van der Waals surface area contributed by atoms with Gasteiger partial charge in [-0.15, -0.1) is 0 Å². The molecule has 0 aromatic heterocycles. The molecule has 0 saturated carbocycles. The Balaban J connectivity index is 2.44. The number of likely N-dealkylation sites (tertiary alicyclic amines) is 1. The van der Waals surface area contributed by atoms with Crippen molar-refractivity contribution < 1.29 is 14.7 Å². The smallest absolute Gasteiger partial charge is 0.326 e. The maximum atomic E-state index is 11.8. The van der Waals surface area contributed by atoms with E-state index in [2.05, 4.69) is 5.32 Å². The van der Waals surface area contributed by atoms with Crippen LogP contribution in [0.2, 0.25) is 0 Å². The van der Waals surface area contributed by atoms with Crippen LogP contribution in [0.4, 0.5) is 0 Å². The second kappa shape index (κ2) is 5.84. The van der Waals surface area contributed by atoms with E-state index in [1.54, 1.807) is 0 Å². The van der Waals surface area contributed by atoms with Crippen LogP contribution in [0.5, 0.6) is 0 Å². The number of aliphatic carboxylic acids is 1. The van der Waals surface area contributed by atoms with Gasteiger partial charge < -0.3 is 15.3 Å². The molecule has 0 radical (unpaired) electrons. The van der Waals surface area contributed by atoms with Crippen LogP contribution in [0, 0.1) is 0 Å². The summed E-state index contributed by atoms with van der Waals surface area (Å²) in [4.78, 5) is 24.1. The zero-order valence-electron chi connectivity index (χ0n) is 9.90. The van der Waals surface area contributed by atoms with Gasteiger partial charge >= 0.3 is 5.97 Å². The van der Waals surface area contributed by atoms with E-state index in [1.807, 2.05) is 13.8 Å². The number of hydrogen-bond donors (Lipinski definition) is 2. The molecule has 1 heterocycles. The molecule has 1 fully saturated rings. The summed E-state index contributed by atoms with van der Waals surface area (Å²) >= 11 is 0. The molecule has 1 saturated heterocycles. The Morgan fingerprint density at radius 3 is 2.81 bits per heavy atom. The van der Waals surface area contributed by atoms with Crippen LogP contribution >= 0.6 is 0 Å². The first kappa shape index (κ1) is 13.0. The average molecular weight is 228 g/mol. The van der Waals surface area contributed by atoms with Crippen LogP contribution < -0.4 is 5.32 Å². The van der Waals surface area contributed by atoms with E-state index in [4.69, 9.17) is 5.11 Å². The van der Waals surface area contributed by atoms with Gasteiger partial charge in [-0.3, -0.25) is 4.79 Å². The van der Waals surface area contributed by atoms with E-state index in [-0.39, 0.29) is 18.5 Å². The standard InChI is InChI=1S/C11H20N2O3/c1-3-8(2)12-7-10(14)13-6-4-5-9(13)11(15)16/h8-9,12H,3-7H2,1-2H3,(H,15,16)/t8?,9-/m1/s1. The minimum absolute atomic E-state index is 0.106. The van der Waals surface area contributed by atoms with Crippen molar-refractivity contribution in [1.29, 1.82) is 0 Å². The van der Waals surface area contributed by atoms with E-state index < -0.39 is 12.0 Å². The maximum Gasteiger partial charge on any atom is 0.326 e. The Morgan fingerprint density at radius 1 is 1.56 bits per heavy atom. The van der Waals surface area contributed by atoms with Crippen LogP contribution in [0.3, 0.4) is 0 Å². The van der Waals surface area contributed by atoms with Crippen molar-refractivity contribution >= 4 is 11.9 Å². The Morgan fingerprint density at radius 2 is 2.25 bits per heavy atom. The number of rotatable bonds is 5. The Labute approximate surface area is 95.8 Å². The number of nitrogens with zero attached hydrogens (tertiary/aromatic N) is 1. The SMILES string of the molecule is CCC(C)NCC(=O)N1CCC[C@@H]1C(=O)O. The fourth-order valence-corrected chi connectivity index (χ4v) is 1.83. The van der Waals surface area contributed by atoms with Gasteiger partial charge in [-0.2, -0.15) is 0 Å². The van der Waals surface area contributed by atoms with Gasteiger partial charge in [0, 0.05) is 12.6 Å². The van der Waals surface area contributed by atoms with Crippen LogP contribution in [-0.2, 0) is 9.59 Å². The predicted octanol–water partition coefficient (Wildman–Crippen LogP) is 0.450. The lowest BCUT2D eigenvalue weighted by molar-refractivity contribution is -0.147. The second-order valence-electron chi connectivity index (χ2n) is 4.27. The van der Waals surface area contributed by atoms with Crippen LogP contribution in [0.25, 0.3) is 0 Å². The number of carbonyl (C=O) groups is 2. The zero-order chi connectivity index (χ0) is 12.1. The highest BCUT2D eigenvalue weighted by molar-refractivity contribution is 5.85. The van der Waals surface area contributed by atoms with Crippen molar-refractivity contribution in [3.05, 3.63) is 0 Å². The molecule has 0 aromatic carbocycles. The number of nitrogens with one attached hydrogen (secondary N) is 1. The van der Waals surface area contributed by atoms with Gasteiger partial charge in [0.15, 0.2) is 0 Å². The fourth-order valence-electron chi connectivity index (χ4n) is 1.83. The minimum Gasteiger partial charge on any atom is -0.480 e. The molecule has 2 atom stereocenters. The predicted molar refractivity (Wildman–Crippen MR) is 60.1 cm³/mol. The van der Waals surface area contributed by atoms with Crippen LogP contribution in [0.1, 0.15) is 33.1 Å². The normalized spacial score (nSPS) is 22.1. The molecule has 0 aromatic rings. The monoisotopic (exact) mass is 228 g/mol. The molecular formula is C11H20N2O3. The molecule has 5 heteroatoms. The molecule has 1 unspecified atom stereocenters. The highest BCUT2D eigenvalue weighted by Gasteiger charge is 2.33. The van der Waals surface area contributed by atoms with Crippen molar-refractivity contribution in [1.82, 2.24) is 10.2 Å². The van der Waals surface area contributed by atoms with Crippen LogP contribution in [0.15, 0.2) is 0 Å². The molecule has 1 aliphatic rings. The quantitative estimate of drug-likeness (QED) is 0.717. The average Bonchev–Trinajstić information content (AvgIpc) is 2.74.